The summed E-state index contributed by atoms with van der Waals surface area (Å²) in [6.07, 6.45) is 0. The van der Waals surface area contributed by atoms with E-state index in [1.807, 2.05) is 61.5 Å². The van der Waals surface area contributed by atoms with Crippen molar-refractivity contribution in [2.24, 2.45) is 0 Å². The van der Waals surface area contributed by atoms with E-state index in [1.165, 1.54) is 0 Å². The standard InChI is InChI=1S/C17H20N2O2/c1-13(17(20)19-15-9-4-3-5-10-15)18-12-14-8-6-7-11-16(14)21-2/h3-11,13,18H,12H2,1-2H3,(H,19,20)/t13-/m1/s1. The predicted molar refractivity (Wildman–Crippen MR) is 84.4 cm³/mol. The molecule has 0 unspecified atom stereocenters. The third-order valence-corrected chi connectivity index (χ3v) is 3.23. The van der Waals surface area contributed by atoms with Gasteiger partial charge in [-0.05, 0) is 25.1 Å². The zero-order valence-electron chi connectivity index (χ0n) is 12.3. The minimum atomic E-state index is -0.296. The van der Waals surface area contributed by atoms with Crippen LogP contribution in [0.25, 0.3) is 0 Å². The Morgan fingerprint density at radius 1 is 1.10 bits per heavy atom. The molecular weight excluding hydrogens is 264 g/mol. The van der Waals surface area contributed by atoms with Crippen molar-refractivity contribution in [3.63, 3.8) is 0 Å². The Balaban J connectivity index is 1.89. The molecule has 2 aromatic rings. The number of amides is 1. The summed E-state index contributed by atoms with van der Waals surface area (Å²) < 4.78 is 5.29. The lowest BCUT2D eigenvalue weighted by atomic mass is 10.2. The molecule has 0 saturated heterocycles. The maximum atomic E-state index is 12.1. The number of para-hydroxylation sites is 2. The number of hydrogen-bond donors (Lipinski definition) is 2. The van der Waals surface area contributed by atoms with E-state index in [4.69, 9.17) is 4.74 Å². The van der Waals surface area contributed by atoms with Crippen LogP contribution < -0.4 is 15.4 Å². The van der Waals surface area contributed by atoms with Gasteiger partial charge in [0.2, 0.25) is 5.91 Å². The van der Waals surface area contributed by atoms with Gasteiger partial charge in [-0.25, -0.2) is 0 Å². The number of hydrogen-bond acceptors (Lipinski definition) is 3. The van der Waals surface area contributed by atoms with E-state index in [9.17, 15) is 4.79 Å². The summed E-state index contributed by atoms with van der Waals surface area (Å²) in [6.45, 7) is 2.42. The molecule has 0 saturated carbocycles. The number of anilines is 1. The fraction of sp³-hybridized carbons (Fsp3) is 0.235. The highest BCUT2D eigenvalue weighted by Gasteiger charge is 2.13. The van der Waals surface area contributed by atoms with Gasteiger partial charge < -0.3 is 15.4 Å². The van der Waals surface area contributed by atoms with Crippen molar-refractivity contribution in [2.75, 3.05) is 12.4 Å². The third-order valence-electron chi connectivity index (χ3n) is 3.23. The van der Waals surface area contributed by atoms with Crippen LogP contribution in [-0.2, 0) is 11.3 Å². The summed E-state index contributed by atoms with van der Waals surface area (Å²) in [5.74, 6) is 0.761. The Kier molecular flexibility index (Phi) is 5.35. The maximum absolute atomic E-state index is 12.1. The molecule has 4 nitrogen and oxygen atoms in total. The number of carbonyl (C=O) groups excluding carboxylic acids is 1. The minimum Gasteiger partial charge on any atom is -0.496 e. The Bertz CT molecular complexity index is 584. The summed E-state index contributed by atoms with van der Waals surface area (Å²) >= 11 is 0. The molecule has 2 aromatic carbocycles. The first-order chi connectivity index (χ1) is 10.2. The topological polar surface area (TPSA) is 50.4 Å². The predicted octanol–water partition coefficient (Wildman–Crippen LogP) is 2.81. The lowest BCUT2D eigenvalue weighted by Gasteiger charge is -2.15. The van der Waals surface area contributed by atoms with Crippen molar-refractivity contribution in [1.29, 1.82) is 0 Å². The maximum Gasteiger partial charge on any atom is 0.241 e. The molecule has 0 fully saturated rings. The molecule has 2 rings (SSSR count). The molecule has 1 atom stereocenters. The highest BCUT2D eigenvalue weighted by molar-refractivity contribution is 5.94. The second kappa shape index (κ2) is 7.45. The molecule has 1 amide bonds. The lowest BCUT2D eigenvalue weighted by molar-refractivity contribution is -0.117. The number of benzene rings is 2. The average Bonchev–Trinajstić information content (AvgIpc) is 2.53. The van der Waals surface area contributed by atoms with Crippen molar-refractivity contribution in [2.45, 2.75) is 19.5 Å². The van der Waals surface area contributed by atoms with Crippen LogP contribution in [0.15, 0.2) is 54.6 Å². The number of ether oxygens (including phenoxy) is 1. The average molecular weight is 284 g/mol. The van der Waals surface area contributed by atoms with Crippen molar-refractivity contribution >= 4 is 11.6 Å². The van der Waals surface area contributed by atoms with Gasteiger partial charge in [0.05, 0.1) is 13.2 Å². The monoisotopic (exact) mass is 284 g/mol. The van der Waals surface area contributed by atoms with E-state index in [2.05, 4.69) is 10.6 Å². The number of methoxy groups -OCH3 is 1. The summed E-state index contributed by atoms with van der Waals surface area (Å²) in [5, 5.41) is 6.08. The first kappa shape index (κ1) is 15.1. The summed E-state index contributed by atoms with van der Waals surface area (Å²) in [7, 11) is 1.64. The fourth-order valence-corrected chi connectivity index (χ4v) is 1.98. The van der Waals surface area contributed by atoms with Gasteiger partial charge in [-0.15, -0.1) is 0 Å². The molecule has 0 aliphatic carbocycles. The van der Waals surface area contributed by atoms with Crippen LogP contribution in [0.1, 0.15) is 12.5 Å². The van der Waals surface area contributed by atoms with Crippen LogP contribution in [0.4, 0.5) is 5.69 Å². The zero-order chi connectivity index (χ0) is 15.1. The zero-order valence-corrected chi connectivity index (χ0v) is 12.3. The molecule has 0 aliphatic rings. The number of nitrogens with one attached hydrogen (secondary N) is 2. The van der Waals surface area contributed by atoms with E-state index < -0.39 is 0 Å². The first-order valence-electron chi connectivity index (χ1n) is 6.92. The summed E-state index contributed by atoms with van der Waals surface area (Å²) in [5.41, 5.74) is 1.83. The third kappa shape index (κ3) is 4.33. The van der Waals surface area contributed by atoms with E-state index >= 15 is 0 Å². The van der Waals surface area contributed by atoms with Gasteiger partial charge in [-0.2, -0.15) is 0 Å². The fourth-order valence-electron chi connectivity index (χ4n) is 1.98. The van der Waals surface area contributed by atoms with Gasteiger partial charge in [0.25, 0.3) is 0 Å². The molecule has 0 heterocycles. The molecule has 0 aliphatic heterocycles. The highest BCUT2D eigenvalue weighted by atomic mass is 16.5. The van der Waals surface area contributed by atoms with Crippen LogP contribution >= 0.6 is 0 Å². The molecule has 21 heavy (non-hydrogen) atoms. The normalized spacial score (nSPS) is 11.7. The van der Waals surface area contributed by atoms with Crippen LogP contribution in [0, 0.1) is 0 Å². The van der Waals surface area contributed by atoms with Crippen molar-refractivity contribution in [1.82, 2.24) is 5.32 Å². The number of carbonyl (C=O) groups is 1. The van der Waals surface area contributed by atoms with E-state index in [0.29, 0.717) is 6.54 Å². The van der Waals surface area contributed by atoms with Gasteiger partial charge in [-0.3, -0.25) is 4.79 Å². The van der Waals surface area contributed by atoms with Crippen molar-refractivity contribution in [3.8, 4) is 5.75 Å². The van der Waals surface area contributed by atoms with Gasteiger partial charge in [0, 0.05) is 17.8 Å². The number of rotatable bonds is 6. The lowest BCUT2D eigenvalue weighted by Crippen LogP contribution is -2.37. The van der Waals surface area contributed by atoms with Crippen LogP contribution in [-0.4, -0.2) is 19.1 Å². The molecule has 0 spiro atoms. The minimum absolute atomic E-state index is 0.0592. The smallest absolute Gasteiger partial charge is 0.241 e. The molecule has 110 valence electrons. The van der Waals surface area contributed by atoms with Crippen LogP contribution in [0.3, 0.4) is 0 Å². The Morgan fingerprint density at radius 2 is 1.76 bits per heavy atom. The van der Waals surface area contributed by atoms with Crippen molar-refractivity contribution in [3.05, 3.63) is 60.2 Å². The van der Waals surface area contributed by atoms with E-state index in [0.717, 1.165) is 17.0 Å². The SMILES string of the molecule is COc1ccccc1CN[C@H](C)C(=O)Nc1ccccc1. The van der Waals surface area contributed by atoms with Crippen molar-refractivity contribution < 1.29 is 9.53 Å². The van der Waals surface area contributed by atoms with Gasteiger partial charge in [0.15, 0.2) is 0 Å². The molecule has 0 aromatic heterocycles. The Labute approximate surface area is 125 Å². The second-order valence-corrected chi connectivity index (χ2v) is 4.77. The van der Waals surface area contributed by atoms with E-state index in [1.54, 1.807) is 7.11 Å². The molecular formula is C17H20N2O2. The first-order valence-corrected chi connectivity index (χ1v) is 6.92. The molecule has 0 bridgehead atoms. The molecule has 4 heteroatoms. The van der Waals surface area contributed by atoms with Crippen LogP contribution in [0.2, 0.25) is 0 Å². The highest BCUT2D eigenvalue weighted by Crippen LogP contribution is 2.17. The van der Waals surface area contributed by atoms with Gasteiger partial charge in [0.1, 0.15) is 5.75 Å². The van der Waals surface area contributed by atoms with E-state index in [-0.39, 0.29) is 11.9 Å². The molecule has 2 N–H and O–H groups in total. The second-order valence-electron chi connectivity index (χ2n) is 4.77. The summed E-state index contributed by atoms with van der Waals surface area (Å²) in [4.78, 5) is 12.1. The molecule has 0 radical (unpaired) electrons. The largest absolute Gasteiger partial charge is 0.496 e. The van der Waals surface area contributed by atoms with Gasteiger partial charge in [-0.1, -0.05) is 36.4 Å². The van der Waals surface area contributed by atoms with Crippen LogP contribution in [0.5, 0.6) is 5.75 Å². The Morgan fingerprint density at radius 3 is 2.48 bits per heavy atom. The summed E-state index contributed by atoms with van der Waals surface area (Å²) in [6, 6.07) is 16.9. The van der Waals surface area contributed by atoms with Gasteiger partial charge >= 0.3 is 0 Å². The Hall–Kier alpha value is -2.33. The quantitative estimate of drug-likeness (QED) is 0.857.